The van der Waals surface area contributed by atoms with Crippen LogP contribution in [0.5, 0.6) is 0 Å². The van der Waals surface area contributed by atoms with Crippen LogP contribution in [0.25, 0.3) is 0 Å². The van der Waals surface area contributed by atoms with Crippen molar-refractivity contribution in [2.45, 2.75) is 26.4 Å². The lowest BCUT2D eigenvalue weighted by Gasteiger charge is -2.33. The van der Waals surface area contributed by atoms with Gasteiger partial charge in [0.05, 0.1) is 6.61 Å². The molecule has 0 fully saturated rings. The summed E-state index contributed by atoms with van der Waals surface area (Å²) >= 11 is 6.03. The largest absolute Gasteiger partial charge is 0.392 e. The second-order valence-corrected chi connectivity index (χ2v) is 5.75. The summed E-state index contributed by atoms with van der Waals surface area (Å²) in [4.78, 5) is 2.29. The Morgan fingerprint density at radius 2 is 1.95 bits per heavy atom. The summed E-state index contributed by atoms with van der Waals surface area (Å²) in [6, 6.07) is 12.3. The topological polar surface area (TPSA) is 23.5 Å². The summed E-state index contributed by atoms with van der Waals surface area (Å²) in [6.45, 7) is 3.11. The highest BCUT2D eigenvalue weighted by atomic mass is 35.5. The molecule has 1 heterocycles. The number of benzene rings is 2. The third-order valence-electron chi connectivity index (χ3n) is 3.86. The van der Waals surface area contributed by atoms with Crippen molar-refractivity contribution < 1.29 is 5.11 Å². The summed E-state index contributed by atoms with van der Waals surface area (Å²) in [6.07, 6.45) is 2.25. The molecule has 0 atom stereocenters. The highest BCUT2D eigenvalue weighted by Gasteiger charge is 2.20. The number of hydrogen-bond acceptors (Lipinski definition) is 2. The fourth-order valence-electron chi connectivity index (χ4n) is 2.92. The Kier molecular flexibility index (Phi) is 3.68. The minimum Gasteiger partial charge on any atom is -0.392 e. The van der Waals surface area contributed by atoms with E-state index in [1.807, 2.05) is 18.2 Å². The summed E-state index contributed by atoms with van der Waals surface area (Å²) in [7, 11) is 0. The van der Waals surface area contributed by atoms with Gasteiger partial charge in [-0.2, -0.15) is 0 Å². The van der Waals surface area contributed by atoms with Gasteiger partial charge in [0.15, 0.2) is 0 Å². The van der Waals surface area contributed by atoms with Gasteiger partial charge in [0.25, 0.3) is 0 Å². The smallest absolute Gasteiger partial charge is 0.0702 e. The lowest BCUT2D eigenvalue weighted by Crippen LogP contribution is -2.25. The highest BCUT2D eigenvalue weighted by Crippen LogP contribution is 2.36. The molecule has 0 amide bonds. The summed E-state index contributed by atoms with van der Waals surface area (Å²) in [5.41, 5.74) is 5.87. The molecule has 0 unspecified atom stereocenters. The third kappa shape index (κ3) is 2.41. The molecule has 0 aromatic heterocycles. The standard InChI is InChI=1S/C17H18ClNO/c1-12-4-6-16-13(9-12)3-2-8-19(16)17-7-5-15(18)10-14(17)11-20/h4-7,9-10,20H,2-3,8,11H2,1H3. The second kappa shape index (κ2) is 5.47. The maximum absolute atomic E-state index is 9.58. The van der Waals surface area contributed by atoms with Crippen molar-refractivity contribution in [3.05, 3.63) is 58.1 Å². The quantitative estimate of drug-likeness (QED) is 0.894. The Bertz CT molecular complexity index is 639. The highest BCUT2D eigenvalue weighted by molar-refractivity contribution is 6.30. The predicted molar refractivity (Wildman–Crippen MR) is 83.9 cm³/mol. The monoisotopic (exact) mass is 287 g/mol. The van der Waals surface area contributed by atoms with E-state index in [-0.39, 0.29) is 6.61 Å². The molecule has 104 valence electrons. The van der Waals surface area contributed by atoms with E-state index in [4.69, 9.17) is 11.6 Å². The van der Waals surface area contributed by atoms with Crippen molar-refractivity contribution in [2.75, 3.05) is 11.4 Å². The number of hydrogen-bond donors (Lipinski definition) is 1. The molecule has 3 rings (SSSR count). The molecule has 2 nitrogen and oxygen atoms in total. The van der Waals surface area contributed by atoms with Crippen LogP contribution >= 0.6 is 11.6 Å². The molecule has 1 N–H and O–H groups in total. The summed E-state index contributed by atoms with van der Waals surface area (Å²) < 4.78 is 0. The zero-order chi connectivity index (χ0) is 14.1. The van der Waals surface area contributed by atoms with Crippen molar-refractivity contribution in [3.63, 3.8) is 0 Å². The Morgan fingerprint density at radius 1 is 1.15 bits per heavy atom. The average Bonchev–Trinajstić information content (AvgIpc) is 2.46. The van der Waals surface area contributed by atoms with Crippen LogP contribution in [-0.4, -0.2) is 11.7 Å². The van der Waals surface area contributed by atoms with Gasteiger partial charge in [-0.05, 0) is 49.6 Å². The average molecular weight is 288 g/mol. The molecule has 1 aliphatic heterocycles. The molecule has 3 heteroatoms. The van der Waals surface area contributed by atoms with Crippen molar-refractivity contribution >= 4 is 23.0 Å². The van der Waals surface area contributed by atoms with Crippen molar-refractivity contribution in [1.82, 2.24) is 0 Å². The zero-order valence-corrected chi connectivity index (χ0v) is 12.3. The van der Waals surface area contributed by atoms with Gasteiger partial charge in [-0.25, -0.2) is 0 Å². The van der Waals surface area contributed by atoms with Crippen molar-refractivity contribution in [3.8, 4) is 0 Å². The molecule has 0 spiro atoms. The van der Waals surface area contributed by atoms with Crippen LogP contribution < -0.4 is 4.90 Å². The van der Waals surface area contributed by atoms with Gasteiger partial charge in [-0.15, -0.1) is 0 Å². The molecule has 2 aromatic carbocycles. The fraction of sp³-hybridized carbons (Fsp3) is 0.294. The van der Waals surface area contributed by atoms with Crippen LogP contribution in [0.1, 0.15) is 23.1 Å². The first-order valence-electron chi connectivity index (χ1n) is 6.95. The van der Waals surface area contributed by atoms with E-state index in [9.17, 15) is 5.11 Å². The first-order chi connectivity index (χ1) is 9.69. The molecule has 0 saturated heterocycles. The number of nitrogens with zero attached hydrogens (tertiary/aromatic N) is 1. The van der Waals surface area contributed by atoms with Gasteiger partial charge >= 0.3 is 0 Å². The molecule has 0 radical (unpaired) electrons. The molecule has 20 heavy (non-hydrogen) atoms. The van der Waals surface area contributed by atoms with E-state index in [0.29, 0.717) is 5.02 Å². The first-order valence-corrected chi connectivity index (χ1v) is 7.33. The molecule has 0 bridgehead atoms. The van der Waals surface area contributed by atoms with Gasteiger partial charge < -0.3 is 10.0 Å². The number of fused-ring (bicyclic) bond motifs is 1. The van der Waals surface area contributed by atoms with E-state index in [1.165, 1.54) is 16.8 Å². The van der Waals surface area contributed by atoms with E-state index in [0.717, 1.165) is 30.6 Å². The first kappa shape index (κ1) is 13.5. The summed E-state index contributed by atoms with van der Waals surface area (Å²) in [5, 5.41) is 10.2. The van der Waals surface area contributed by atoms with E-state index in [2.05, 4.69) is 30.0 Å². The minimum atomic E-state index is 0.00753. The fourth-order valence-corrected chi connectivity index (χ4v) is 3.11. The van der Waals surface area contributed by atoms with Crippen molar-refractivity contribution in [1.29, 1.82) is 0 Å². The van der Waals surface area contributed by atoms with Crippen LogP contribution in [0.3, 0.4) is 0 Å². The normalized spacial score (nSPS) is 14.2. The van der Waals surface area contributed by atoms with E-state index >= 15 is 0 Å². The SMILES string of the molecule is Cc1ccc2c(c1)CCCN2c1ccc(Cl)cc1CO. The lowest BCUT2D eigenvalue weighted by atomic mass is 9.98. The predicted octanol–water partition coefficient (Wildman–Crippen LogP) is 4.23. The molecular formula is C17H18ClNO. The molecule has 0 saturated carbocycles. The Morgan fingerprint density at radius 3 is 2.75 bits per heavy atom. The minimum absolute atomic E-state index is 0.00753. The molecular weight excluding hydrogens is 270 g/mol. The zero-order valence-electron chi connectivity index (χ0n) is 11.6. The van der Waals surface area contributed by atoms with Crippen molar-refractivity contribution in [2.24, 2.45) is 0 Å². The van der Waals surface area contributed by atoms with E-state index in [1.54, 1.807) is 0 Å². The van der Waals surface area contributed by atoms with E-state index < -0.39 is 0 Å². The third-order valence-corrected chi connectivity index (χ3v) is 4.09. The number of aryl methyl sites for hydroxylation is 2. The molecule has 2 aromatic rings. The molecule has 0 aliphatic carbocycles. The maximum atomic E-state index is 9.58. The van der Waals surface area contributed by atoms with Crippen LogP contribution in [0, 0.1) is 6.92 Å². The number of rotatable bonds is 2. The lowest BCUT2D eigenvalue weighted by molar-refractivity contribution is 0.282. The Balaban J connectivity index is 2.09. The molecule has 1 aliphatic rings. The number of halogens is 1. The second-order valence-electron chi connectivity index (χ2n) is 5.32. The van der Waals surface area contributed by atoms with Gasteiger partial charge in [0.1, 0.15) is 0 Å². The summed E-state index contributed by atoms with van der Waals surface area (Å²) in [5.74, 6) is 0. The Hall–Kier alpha value is -1.51. The number of aliphatic hydroxyl groups excluding tert-OH is 1. The van der Waals surface area contributed by atoms with Crippen LogP contribution in [0.2, 0.25) is 5.02 Å². The number of aliphatic hydroxyl groups is 1. The van der Waals surface area contributed by atoms with Crippen LogP contribution in [0.4, 0.5) is 11.4 Å². The Labute approximate surface area is 124 Å². The number of anilines is 2. The van der Waals surface area contributed by atoms with Gasteiger partial charge in [-0.1, -0.05) is 29.3 Å². The maximum Gasteiger partial charge on any atom is 0.0702 e. The van der Waals surface area contributed by atoms with Gasteiger partial charge in [0.2, 0.25) is 0 Å². The van der Waals surface area contributed by atoms with Crippen LogP contribution in [-0.2, 0) is 13.0 Å². The van der Waals surface area contributed by atoms with Gasteiger partial charge in [0, 0.05) is 28.5 Å². The van der Waals surface area contributed by atoms with Crippen LogP contribution in [0.15, 0.2) is 36.4 Å². The van der Waals surface area contributed by atoms with Gasteiger partial charge in [-0.3, -0.25) is 0 Å².